The molecule has 1 amide bonds. The monoisotopic (exact) mass is 501 g/mol. The van der Waals surface area contributed by atoms with Gasteiger partial charge in [0.05, 0.1) is 16.8 Å². The van der Waals surface area contributed by atoms with Gasteiger partial charge < -0.3 is 19.5 Å². The molecule has 1 fully saturated rings. The number of nitrogens with zero attached hydrogens (tertiary/aromatic N) is 2. The van der Waals surface area contributed by atoms with Crippen molar-refractivity contribution in [3.63, 3.8) is 0 Å². The van der Waals surface area contributed by atoms with Gasteiger partial charge in [-0.25, -0.2) is 14.4 Å². The molecule has 0 bridgehead atoms. The molecule has 1 aliphatic heterocycles. The SMILES string of the molecule is CCCCOC[C@H]1O[C@@H](c2csc3c(NC(=O)c4ccccc4)ncnc23)[C@H](F)[C@@H]1OCCCC. The molecule has 0 radical (unpaired) electrons. The lowest BCUT2D eigenvalue weighted by atomic mass is 10.0. The molecule has 1 aliphatic rings. The zero-order chi connectivity index (χ0) is 24.6. The van der Waals surface area contributed by atoms with Gasteiger partial charge in [-0.3, -0.25) is 4.79 Å². The first-order chi connectivity index (χ1) is 17.1. The second-order valence-corrected chi connectivity index (χ2v) is 9.45. The second kappa shape index (κ2) is 12.5. The lowest BCUT2D eigenvalue weighted by molar-refractivity contribution is -0.0666. The molecule has 0 spiro atoms. The minimum atomic E-state index is -1.36. The highest BCUT2D eigenvalue weighted by atomic mass is 32.1. The van der Waals surface area contributed by atoms with E-state index in [1.54, 1.807) is 24.3 Å². The number of benzene rings is 1. The molecule has 0 saturated carbocycles. The van der Waals surface area contributed by atoms with Gasteiger partial charge in [-0.05, 0) is 30.4 Å². The number of unbranched alkanes of at least 4 members (excludes halogenated alkanes) is 2. The van der Waals surface area contributed by atoms with Crippen LogP contribution >= 0.6 is 11.3 Å². The molecular formula is C26H32FN3O4S. The lowest BCUT2D eigenvalue weighted by Crippen LogP contribution is -2.34. The molecular weight excluding hydrogens is 469 g/mol. The van der Waals surface area contributed by atoms with Crippen molar-refractivity contribution in [1.29, 1.82) is 0 Å². The van der Waals surface area contributed by atoms with E-state index in [9.17, 15) is 4.79 Å². The molecule has 3 heterocycles. The minimum Gasteiger partial charge on any atom is -0.379 e. The number of halogens is 1. The third kappa shape index (κ3) is 6.03. The highest BCUT2D eigenvalue weighted by molar-refractivity contribution is 7.18. The van der Waals surface area contributed by atoms with Gasteiger partial charge in [0, 0.05) is 24.3 Å². The Balaban J connectivity index is 1.54. The van der Waals surface area contributed by atoms with Gasteiger partial charge in [0.15, 0.2) is 12.0 Å². The highest BCUT2D eigenvalue weighted by Crippen LogP contribution is 2.42. The fourth-order valence-electron chi connectivity index (χ4n) is 4.04. The summed E-state index contributed by atoms with van der Waals surface area (Å²) < 4.78 is 34.2. The van der Waals surface area contributed by atoms with Crippen LogP contribution in [-0.2, 0) is 14.2 Å². The van der Waals surface area contributed by atoms with Crippen LogP contribution in [0.1, 0.15) is 61.6 Å². The van der Waals surface area contributed by atoms with Crippen LogP contribution in [0.2, 0.25) is 0 Å². The molecule has 0 unspecified atom stereocenters. The zero-order valence-electron chi connectivity index (χ0n) is 20.1. The molecule has 1 aromatic carbocycles. The van der Waals surface area contributed by atoms with Crippen LogP contribution in [0, 0.1) is 0 Å². The predicted molar refractivity (Wildman–Crippen MR) is 135 cm³/mol. The summed E-state index contributed by atoms with van der Waals surface area (Å²) in [5, 5.41) is 4.68. The summed E-state index contributed by atoms with van der Waals surface area (Å²) in [6.07, 6.45) is 1.78. The molecule has 3 aromatic rings. The number of anilines is 1. The van der Waals surface area contributed by atoms with Gasteiger partial charge in [0.1, 0.15) is 24.6 Å². The Hall–Kier alpha value is -2.46. The molecule has 4 rings (SSSR count). The fraction of sp³-hybridized carbons (Fsp3) is 0.500. The van der Waals surface area contributed by atoms with Crippen LogP contribution in [0.3, 0.4) is 0 Å². The van der Waals surface area contributed by atoms with Gasteiger partial charge in [-0.2, -0.15) is 0 Å². The number of rotatable bonds is 12. The summed E-state index contributed by atoms with van der Waals surface area (Å²) in [5.41, 5.74) is 1.73. The zero-order valence-corrected chi connectivity index (χ0v) is 20.9. The summed E-state index contributed by atoms with van der Waals surface area (Å²) in [4.78, 5) is 21.3. The smallest absolute Gasteiger partial charge is 0.256 e. The number of aromatic nitrogens is 2. The summed E-state index contributed by atoms with van der Waals surface area (Å²) in [6, 6.07) is 8.91. The third-order valence-corrected chi connectivity index (χ3v) is 6.97. The van der Waals surface area contributed by atoms with E-state index in [0.717, 1.165) is 25.7 Å². The number of carbonyl (C=O) groups is 1. The van der Waals surface area contributed by atoms with Crippen molar-refractivity contribution in [3.8, 4) is 0 Å². The van der Waals surface area contributed by atoms with Crippen molar-refractivity contribution in [2.24, 2.45) is 0 Å². The number of nitrogens with one attached hydrogen (secondary N) is 1. The number of hydrogen-bond donors (Lipinski definition) is 1. The maximum absolute atomic E-state index is 15.7. The van der Waals surface area contributed by atoms with Gasteiger partial charge in [-0.15, -0.1) is 11.3 Å². The van der Waals surface area contributed by atoms with Gasteiger partial charge in [-0.1, -0.05) is 44.9 Å². The molecule has 35 heavy (non-hydrogen) atoms. The van der Waals surface area contributed by atoms with Crippen molar-refractivity contribution in [2.75, 3.05) is 25.1 Å². The predicted octanol–water partition coefficient (Wildman–Crippen LogP) is 5.72. The molecule has 2 aromatic heterocycles. The van der Waals surface area contributed by atoms with E-state index in [1.165, 1.54) is 17.7 Å². The molecule has 188 valence electrons. The van der Waals surface area contributed by atoms with Crippen LogP contribution in [0.15, 0.2) is 42.0 Å². The fourth-order valence-corrected chi connectivity index (χ4v) is 5.02. The quantitative estimate of drug-likeness (QED) is 0.320. The Labute approximate surface area is 209 Å². The van der Waals surface area contributed by atoms with E-state index >= 15 is 4.39 Å². The number of fused-ring (bicyclic) bond motifs is 1. The first-order valence-corrected chi connectivity index (χ1v) is 13.1. The van der Waals surface area contributed by atoms with E-state index in [1.807, 2.05) is 11.4 Å². The molecule has 9 heteroatoms. The first kappa shape index (κ1) is 25.6. The van der Waals surface area contributed by atoms with Gasteiger partial charge >= 0.3 is 0 Å². The van der Waals surface area contributed by atoms with E-state index in [0.29, 0.717) is 40.4 Å². The Morgan fingerprint density at radius 3 is 2.69 bits per heavy atom. The standard InChI is InChI=1S/C26H32FN3O4S/c1-3-5-12-32-14-19-23(33-13-6-4-2)20(27)22(34-19)18-15-35-24-21(18)28-16-29-25(24)30-26(31)17-10-8-7-9-11-17/h7-11,15-16,19-20,22-23H,3-6,12-14H2,1-2H3,(H,28,29,30,31)/t19-,20+,22+,23-/m1/s1. The maximum Gasteiger partial charge on any atom is 0.256 e. The maximum atomic E-state index is 15.7. The number of alkyl halides is 1. The Kier molecular flexibility index (Phi) is 9.14. The van der Waals surface area contributed by atoms with E-state index in [4.69, 9.17) is 14.2 Å². The number of amides is 1. The van der Waals surface area contributed by atoms with Gasteiger partial charge in [0.25, 0.3) is 5.91 Å². The average Bonchev–Trinajstić information content (AvgIpc) is 3.44. The Bertz CT molecular complexity index is 1100. The number of thiophene rings is 1. The van der Waals surface area contributed by atoms with Crippen LogP contribution in [0.25, 0.3) is 10.2 Å². The molecule has 0 aliphatic carbocycles. The Morgan fingerprint density at radius 1 is 1.14 bits per heavy atom. The lowest BCUT2D eigenvalue weighted by Gasteiger charge is -2.20. The Morgan fingerprint density at radius 2 is 1.91 bits per heavy atom. The summed E-state index contributed by atoms with van der Waals surface area (Å²) >= 11 is 1.36. The largest absolute Gasteiger partial charge is 0.379 e. The summed E-state index contributed by atoms with van der Waals surface area (Å²) in [7, 11) is 0. The topological polar surface area (TPSA) is 82.6 Å². The summed E-state index contributed by atoms with van der Waals surface area (Å²) in [6.45, 7) is 5.54. The van der Waals surface area contributed by atoms with E-state index < -0.39 is 24.5 Å². The van der Waals surface area contributed by atoms with Crippen LogP contribution in [0.5, 0.6) is 0 Å². The van der Waals surface area contributed by atoms with Gasteiger partial charge in [0.2, 0.25) is 0 Å². The molecule has 1 N–H and O–H groups in total. The van der Waals surface area contributed by atoms with Crippen LogP contribution < -0.4 is 5.32 Å². The van der Waals surface area contributed by atoms with Crippen molar-refractivity contribution < 1.29 is 23.4 Å². The minimum absolute atomic E-state index is 0.269. The third-order valence-electron chi connectivity index (χ3n) is 5.98. The number of carbonyl (C=O) groups excluding carboxylic acids is 1. The van der Waals surface area contributed by atoms with Crippen molar-refractivity contribution >= 4 is 33.3 Å². The van der Waals surface area contributed by atoms with E-state index in [2.05, 4.69) is 29.1 Å². The first-order valence-electron chi connectivity index (χ1n) is 12.2. The van der Waals surface area contributed by atoms with Crippen LogP contribution in [-0.4, -0.2) is 54.1 Å². The summed E-state index contributed by atoms with van der Waals surface area (Å²) in [5.74, 6) is 0.124. The van der Waals surface area contributed by atoms with E-state index in [-0.39, 0.29) is 12.5 Å². The molecule has 4 atom stereocenters. The van der Waals surface area contributed by atoms with Crippen LogP contribution in [0.4, 0.5) is 10.2 Å². The van der Waals surface area contributed by atoms with Crippen molar-refractivity contribution in [1.82, 2.24) is 9.97 Å². The van der Waals surface area contributed by atoms with Crippen molar-refractivity contribution in [2.45, 2.75) is 64.0 Å². The second-order valence-electron chi connectivity index (χ2n) is 8.57. The number of hydrogen-bond acceptors (Lipinski definition) is 7. The van der Waals surface area contributed by atoms with Crippen molar-refractivity contribution in [3.05, 3.63) is 53.2 Å². The average molecular weight is 502 g/mol. The number of ether oxygens (including phenoxy) is 3. The molecule has 7 nitrogen and oxygen atoms in total. The highest BCUT2D eigenvalue weighted by Gasteiger charge is 2.47. The molecule has 1 saturated heterocycles. The normalized spacial score (nSPS) is 22.0.